The minimum absolute atomic E-state index is 0.0982. The number of ether oxygens (including phenoxy) is 2. The molecule has 0 radical (unpaired) electrons. The monoisotopic (exact) mass is 335 g/mol. The third-order valence-corrected chi connectivity index (χ3v) is 2.59. The number of hydrogen-bond acceptors (Lipinski definition) is 5. The molecule has 0 N–H and O–H groups in total. The standard InChI is InChI=1S/C10H10INO4/c1-15-9(13)7-4-3-6(11)5-8(12-7)10(14)16-2/h3,5H,4H2,1-2H3. The van der Waals surface area contributed by atoms with Crippen molar-refractivity contribution in [2.24, 2.45) is 4.99 Å². The Balaban J connectivity index is 3.08. The topological polar surface area (TPSA) is 65.0 Å². The molecule has 0 spiro atoms. The first-order chi connectivity index (χ1) is 7.58. The zero-order chi connectivity index (χ0) is 12.1. The Kier molecular flexibility index (Phi) is 4.66. The summed E-state index contributed by atoms with van der Waals surface area (Å²) in [6.45, 7) is 0. The molecular formula is C10H10INO4. The average molecular weight is 335 g/mol. The molecule has 1 aliphatic rings. The largest absolute Gasteiger partial charge is 0.465 e. The highest BCUT2D eigenvalue weighted by Crippen LogP contribution is 2.18. The lowest BCUT2D eigenvalue weighted by molar-refractivity contribution is -0.136. The van der Waals surface area contributed by atoms with Crippen LogP contribution in [0.25, 0.3) is 0 Å². The van der Waals surface area contributed by atoms with Crippen molar-refractivity contribution in [3.8, 4) is 0 Å². The van der Waals surface area contributed by atoms with E-state index in [1.165, 1.54) is 14.2 Å². The van der Waals surface area contributed by atoms with E-state index < -0.39 is 11.9 Å². The van der Waals surface area contributed by atoms with Crippen LogP contribution in [0.15, 0.2) is 26.4 Å². The van der Waals surface area contributed by atoms with Crippen LogP contribution in [0.3, 0.4) is 0 Å². The second kappa shape index (κ2) is 5.78. The van der Waals surface area contributed by atoms with Crippen LogP contribution in [0.5, 0.6) is 0 Å². The average Bonchev–Trinajstić information content (AvgIpc) is 2.49. The van der Waals surface area contributed by atoms with E-state index in [0.717, 1.165) is 3.58 Å². The van der Waals surface area contributed by atoms with Gasteiger partial charge in [0.25, 0.3) is 0 Å². The smallest absolute Gasteiger partial charge is 0.356 e. The Bertz CT molecular complexity index is 409. The first-order valence-electron chi connectivity index (χ1n) is 4.40. The summed E-state index contributed by atoms with van der Waals surface area (Å²) < 4.78 is 9.94. The maximum absolute atomic E-state index is 11.3. The van der Waals surface area contributed by atoms with Crippen molar-refractivity contribution < 1.29 is 19.1 Å². The molecule has 0 aromatic rings. The third-order valence-electron chi connectivity index (χ3n) is 1.84. The van der Waals surface area contributed by atoms with Gasteiger partial charge in [0.15, 0.2) is 0 Å². The minimum atomic E-state index is -0.578. The Morgan fingerprint density at radius 1 is 1.31 bits per heavy atom. The highest BCUT2D eigenvalue weighted by atomic mass is 127. The van der Waals surface area contributed by atoms with Gasteiger partial charge in [0.2, 0.25) is 0 Å². The lowest BCUT2D eigenvalue weighted by atomic mass is 10.2. The molecule has 5 nitrogen and oxygen atoms in total. The van der Waals surface area contributed by atoms with Crippen molar-refractivity contribution in [3.05, 3.63) is 21.4 Å². The van der Waals surface area contributed by atoms with E-state index in [1.54, 1.807) is 12.2 Å². The van der Waals surface area contributed by atoms with Crippen LogP contribution in [0.2, 0.25) is 0 Å². The van der Waals surface area contributed by atoms with Crippen LogP contribution in [0.1, 0.15) is 6.42 Å². The van der Waals surface area contributed by atoms with Crippen molar-refractivity contribution in [1.82, 2.24) is 0 Å². The van der Waals surface area contributed by atoms with Gasteiger partial charge in [-0.15, -0.1) is 0 Å². The van der Waals surface area contributed by atoms with E-state index in [-0.39, 0.29) is 11.4 Å². The quantitative estimate of drug-likeness (QED) is 0.565. The molecule has 0 unspecified atom stereocenters. The fourth-order valence-corrected chi connectivity index (χ4v) is 1.58. The Morgan fingerprint density at radius 3 is 2.50 bits per heavy atom. The molecule has 0 amide bonds. The SMILES string of the molecule is COC(=O)C1=CC(I)=CCC(C(=O)OC)=N1. The van der Waals surface area contributed by atoms with Crippen molar-refractivity contribution >= 4 is 40.2 Å². The van der Waals surface area contributed by atoms with Crippen LogP contribution < -0.4 is 0 Å². The van der Waals surface area contributed by atoms with Crippen molar-refractivity contribution in [2.45, 2.75) is 6.42 Å². The number of allylic oxidation sites excluding steroid dienone is 3. The first-order valence-corrected chi connectivity index (χ1v) is 5.48. The molecule has 1 heterocycles. The normalized spacial score (nSPS) is 15.3. The molecule has 1 aliphatic heterocycles. The lowest BCUT2D eigenvalue weighted by Gasteiger charge is -2.01. The van der Waals surface area contributed by atoms with Crippen LogP contribution in [-0.2, 0) is 19.1 Å². The summed E-state index contributed by atoms with van der Waals surface area (Å²) in [6, 6.07) is 0. The van der Waals surface area contributed by atoms with Gasteiger partial charge in [-0.25, -0.2) is 14.6 Å². The fourth-order valence-electron chi connectivity index (χ4n) is 1.06. The summed E-state index contributed by atoms with van der Waals surface area (Å²) in [5.74, 6) is -1.12. The second-order valence-corrected chi connectivity index (χ2v) is 4.11. The Hall–Kier alpha value is -1.18. The molecule has 6 heteroatoms. The molecule has 86 valence electrons. The highest BCUT2D eigenvalue weighted by molar-refractivity contribution is 14.1. The minimum Gasteiger partial charge on any atom is -0.465 e. The second-order valence-electron chi connectivity index (χ2n) is 2.86. The van der Waals surface area contributed by atoms with E-state index in [1.807, 2.05) is 22.6 Å². The zero-order valence-corrected chi connectivity index (χ0v) is 11.0. The summed E-state index contributed by atoms with van der Waals surface area (Å²) in [5.41, 5.74) is 0.284. The number of hydrogen-bond donors (Lipinski definition) is 0. The van der Waals surface area contributed by atoms with Gasteiger partial charge in [-0.05, 0) is 28.7 Å². The van der Waals surface area contributed by atoms with Crippen LogP contribution >= 0.6 is 22.6 Å². The third kappa shape index (κ3) is 3.16. The van der Waals surface area contributed by atoms with Crippen LogP contribution in [0.4, 0.5) is 0 Å². The summed E-state index contributed by atoms with van der Waals surface area (Å²) in [7, 11) is 2.53. The lowest BCUT2D eigenvalue weighted by Crippen LogP contribution is -2.16. The van der Waals surface area contributed by atoms with Gasteiger partial charge in [0, 0.05) is 10.0 Å². The van der Waals surface area contributed by atoms with Crippen LogP contribution in [0, 0.1) is 0 Å². The maximum Gasteiger partial charge on any atom is 0.356 e. The molecular weight excluding hydrogens is 325 g/mol. The van der Waals surface area contributed by atoms with E-state index >= 15 is 0 Å². The molecule has 0 aromatic heterocycles. The van der Waals surface area contributed by atoms with Gasteiger partial charge in [-0.3, -0.25) is 0 Å². The number of methoxy groups -OCH3 is 2. The molecule has 0 atom stereocenters. The summed E-state index contributed by atoms with van der Waals surface area (Å²) in [4.78, 5) is 26.6. The Labute approximate surface area is 106 Å². The summed E-state index contributed by atoms with van der Waals surface area (Å²) in [6.07, 6.45) is 3.68. The number of aliphatic imine (C=N–C) groups is 1. The molecule has 0 fully saturated rings. The van der Waals surface area contributed by atoms with Gasteiger partial charge in [0.05, 0.1) is 14.2 Å². The maximum atomic E-state index is 11.3. The molecule has 0 aliphatic carbocycles. The highest BCUT2D eigenvalue weighted by Gasteiger charge is 2.18. The molecule has 0 aromatic carbocycles. The van der Waals surface area contributed by atoms with Crippen molar-refractivity contribution in [3.63, 3.8) is 0 Å². The number of carbonyl (C=O) groups excluding carboxylic acids is 2. The number of nitrogens with zero attached hydrogens (tertiary/aromatic N) is 1. The first kappa shape index (κ1) is 12.9. The molecule has 16 heavy (non-hydrogen) atoms. The number of halogens is 1. The molecule has 1 rings (SSSR count). The van der Waals surface area contributed by atoms with Crippen molar-refractivity contribution in [2.75, 3.05) is 14.2 Å². The molecule has 0 bridgehead atoms. The van der Waals surface area contributed by atoms with Gasteiger partial charge in [-0.1, -0.05) is 6.08 Å². The molecule has 0 saturated heterocycles. The van der Waals surface area contributed by atoms with E-state index in [0.29, 0.717) is 6.42 Å². The number of rotatable bonds is 2. The van der Waals surface area contributed by atoms with E-state index in [4.69, 9.17) is 0 Å². The molecule has 0 saturated carbocycles. The summed E-state index contributed by atoms with van der Waals surface area (Å²) >= 11 is 2.04. The van der Waals surface area contributed by atoms with Crippen molar-refractivity contribution in [1.29, 1.82) is 0 Å². The predicted molar refractivity (Wildman–Crippen MR) is 66.3 cm³/mol. The van der Waals surface area contributed by atoms with E-state index in [2.05, 4.69) is 14.5 Å². The van der Waals surface area contributed by atoms with E-state index in [9.17, 15) is 9.59 Å². The van der Waals surface area contributed by atoms with Gasteiger partial charge >= 0.3 is 11.9 Å². The van der Waals surface area contributed by atoms with Gasteiger partial charge in [-0.2, -0.15) is 0 Å². The zero-order valence-electron chi connectivity index (χ0n) is 8.82. The number of esters is 2. The summed E-state index contributed by atoms with van der Waals surface area (Å²) in [5, 5.41) is 0. The fraction of sp³-hybridized carbons (Fsp3) is 0.300. The van der Waals surface area contributed by atoms with Crippen LogP contribution in [-0.4, -0.2) is 31.9 Å². The predicted octanol–water partition coefficient (Wildman–Crippen LogP) is 1.38. The number of carbonyl (C=O) groups is 2. The van der Waals surface area contributed by atoms with Gasteiger partial charge < -0.3 is 9.47 Å². The van der Waals surface area contributed by atoms with Gasteiger partial charge in [0.1, 0.15) is 11.4 Å². The Morgan fingerprint density at radius 2 is 1.94 bits per heavy atom.